The van der Waals surface area contributed by atoms with Gasteiger partial charge in [-0.25, -0.2) is 9.97 Å². The molecule has 0 unspecified atom stereocenters. The van der Waals surface area contributed by atoms with E-state index >= 15 is 0 Å². The van der Waals surface area contributed by atoms with Gasteiger partial charge in [0.1, 0.15) is 16.6 Å². The normalized spacial score (nSPS) is 11.8. The number of carbonyl (C=O) groups is 1. The number of aromatic nitrogens is 2. The summed E-state index contributed by atoms with van der Waals surface area (Å²) in [5.74, 6) is 0. The van der Waals surface area contributed by atoms with Gasteiger partial charge in [0.2, 0.25) is 5.12 Å². The van der Waals surface area contributed by atoms with Gasteiger partial charge in [-0.05, 0) is 30.8 Å². The van der Waals surface area contributed by atoms with E-state index in [1.54, 1.807) is 6.92 Å². The van der Waals surface area contributed by atoms with Gasteiger partial charge < -0.3 is 10.6 Å². The van der Waals surface area contributed by atoms with Crippen LogP contribution >= 0.6 is 46.0 Å². The Hall–Kier alpha value is -1.68. The molecule has 3 aromatic rings. The van der Waals surface area contributed by atoms with Crippen molar-refractivity contribution in [2.45, 2.75) is 11.3 Å². The first-order valence-electron chi connectivity index (χ1n) is 6.78. The van der Waals surface area contributed by atoms with E-state index in [4.69, 9.17) is 22.2 Å². The van der Waals surface area contributed by atoms with Gasteiger partial charge in [-0.2, -0.15) is 0 Å². The summed E-state index contributed by atoms with van der Waals surface area (Å²) in [7, 11) is 0. The molecule has 2 heterocycles. The van der Waals surface area contributed by atoms with Crippen molar-refractivity contribution < 1.29 is 9.63 Å². The summed E-state index contributed by atoms with van der Waals surface area (Å²) in [5, 5.41) is 3.77. The van der Waals surface area contributed by atoms with Crippen LogP contribution in [0.4, 0.5) is 5.13 Å². The number of thioether (sulfide) groups is 1. The van der Waals surface area contributed by atoms with E-state index in [0.29, 0.717) is 15.3 Å². The molecule has 124 valence electrons. The highest BCUT2D eigenvalue weighted by Gasteiger charge is 2.24. The third kappa shape index (κ3) is 3.69. The van der Waals surface area contributed by atoms with Crippen molar-refractivity contribution in [2.24, 2.45) is 5.16 Å². The number of hydrogen-bond donors (Lipinski definition) is 1. The van der Waals surface area contributed by atoms with Crippen LogP contribution in [0.1, 0.15) is 12.6 Å². The molecular weight excluding hydrogens is 388 g/mol. The molecule has 0 amide bonds. The van der Waals surface area contributed by atoms with Crippen molar-refractivity contribution in [3.8, 4) is 0 Å². The minimum Gasteiger partial charge on any atom is -0.395 e. The predicted octanol–water partition coefficient (Wildman–Crippen LogP) is 4.05. The molecule has 0 aliphatic heterocycles. The molecule has 2 aromatic heterocycles. The van der Waals surface area contributed by atoms with Gasteiger partial charge in [0.15, 0.2) is 15.2 Å². The molecular formula is C14H11ClN4O2S3. The summed E-state index contributed by atoms with van der Waals surface area (Å²) in [6, 6.07) is 7.68. The van der Waals surface area contributed by atoms with E-state index in [1.165, 1.54) is 11.3 Å². The Kier molecular flexibility index (Phi) is 5.34. The fraction of sp³-hybridized carbons (Fsp3) is 0.143. The molecule has 2 N–H and O–H groups in total. The van der Waals surface area contributed by atoms with Crippen molar-refractivity contribution in [3.05, 3.63) is 34.3 Å². The largest absolute Gasteiger partial charge is 0.395 e. The van der Waals surface area contributed by atoms with Gasteiger partial charge in [-0.15, -0.1) is 11.3 Å². The van der Waals surface area contributed by atoms with Crippen molar-refractivity contribution >= 4 is 72.2 Å². The number of oxime groups is 1. The summed E-state index contributed by atoms with van der Waals surface area (Å²) in [5.41, 5.74) is 6.75. The second-order valence-electron chi connectivity index (χ2n) is 4.37. The zero-order chi connectivity index (χ0) is 17.1. The molecule has 0 spiro atoms. The van der Waals surface area contributed by atoms with Crippen LogP contribution in [0.15, 0.2) is 33.8 Å². The number of nitrogen functional groups attached to an aromatic ring is 1. The lowest BCUT2D eigenvalue weighted by atomic mass is 10.3. The smallest absolute Gasteiger partial charge is 0.250 e. The van der Waals surface area contributed by atoms with E-state index in [0.717, 1.165) is 33.3 Å². The second kappa shape index (κ2) is 7.47. The second-order valence-corrected chi connectivity index (χ2v) is 8.25. The number of hydrogen-bond acceptors (Lipinski definition) is 9. The number of fused-ring (bicyclic) bond motifs is 1. The number of nitrogens with two attached hydrogens (primary N) is 1. The SMILES string of the molecule is CCON=C(C(=O)Sc1nc2ccccc2s1)c1nc(N)sc1Cl. The number of para-hydroxylation sites is 1. The first-order chi connectivity index (χ1) is 11.6. The minimum absolute atomic E-state index is 0.0269. The Labute approximate surface area is 154 Å². The highest BCUT2D eigenvalue weighted by Crippen LogP contribution is 2.32. The maximum absolute atomic E-state index is 12.6. The number of thiazole rings is 2. The number of rotatable bonds is 5. The number of carbonyl (C=O) groups excluding carboxylic acids is 1. The first kappa shape index (κ1) is 17.2. The quantitative estimate of drug-likeness (QED) is 0.396. The fourth-order valence-corrected chi connectivity index (χ4v) is 4.61. The lowest BCUT2D eigenvalue weighted by Gasteiger charge is -2.01. The lowest BCUT2D eigenvalue weighted by Crippen LogP contribution is -2.14. The summed E-state index contributed by atoms with van der Waals surface area (Å²) in [4.78, 5) is 26.2. The molecule has 0 radical (unpaired) electrons. The summed E-state index contributed by atoms with van der Waals surface area (Å²) >= 11 is 9.57. The Morgan fingerprint density at radius 1 is 1.38 bits per heavy atom. The lowest BCUT2D eigenvalue weighted by molar-refractivity contribution is -0.105. The summed E-state index contributed by atoms with van der Waals surface area (Å²) in [6.07, 6.45) is 0. The Morgan fingerprint density at radius 2 is 2.17 bits per heavy atom. The fourth-order valence-electron chi connectivity index (χ4n) is 1.79. The van der Waals surface area contributed by atoms with E-state index in [-0.39, 0.29) is 21.7 Å². The maximum Gasteiger partial charge on any atom is 0.250 e. The van der Waals surface area contributed by atoms with Crippen LogP contribution in [0.5, 0.6) is 0 Å². The third-order valence-electron chi connectivity index (χ3n) is 2.76. The van der Waals surface area contributed by atoms with Crippen LogP contribution in [0.3, 0.4) is 0 Å². The van der Waals surface area contributed by atoms with Crippen LogP contribution < -0.4 is 5.73 Å². The molecule has 1 aromatic carbocycles. The molecule has 0 atom stereocenters. The first-order valence-corrected chi connectivity index (χ1v) is 9.61. The van der Waals surface area contributed by atoms with Gasteiger partial charge >= 0.3 is 0 Å². The number of halogens is 1. The van der Waals surface area contributed by atoms with Gasteiger partial charge in [0, 0.05) is 0 Å². The number of benzene rings is 1. The Bertz CT molecular complexity index is 889. The van der Waals surface area contributed by atoms with Crippen LogP contribution in [0, 0.1) is 0 Å². The van der Waals surface area contributed by atoms with Crippen molar-refractivity contribution in [1.82, 2.24) is 9.97 Å². The van der Waals surface area contributed by atoms with Gasteiger partial charge in [-0.1, -0.05) is 40.2 Å². The number of anilines is 1. The highest BCUT2D eigenvalue weighted by molar-refractivity contribution is 8.16. The molecule has 6 nitrogen and oxygen atoms in total. The molecule has 0 aliphatic rings. The molecule has 0 aliphatic carbocycles. The van der Waals surface area contributed by atoms with Crippen LogP contribution in [0.25, 0.3) is 10.2 Å². The zero-order valence-electron chi connectivity index (χ0n) is 12.4. The van der Waals surface area contributed by atoms with Crippen LogP contribution in [-0.2, 0) is 9.63 Å². The van der Waals surface area contributed by atoms with E-state index in [2.05, 4.69) is 15.1 Å². The number of nitrogens with zero attached hydrogens (tertiary/aromatic N) is 3. The molecule has 24 heavy (non-hydrogen) atoms. The van der Waals surface area contributed by atoms with Crippen molar-refractivity contribution in [2.75, 3.05) is 12.3 Å². The monoisotopic (exact) mass is 398 g/mol. The maximum atomic E-state index is 12.6. The molecule has 0 saturated carbocycles. The van der Waals surface area contributed by atoms with Gasteiger partial charge in [0.05, 0.1) is 10.2 Å². The summed E-state index contributed by atoms with van der Waals surface area (Å²) in [6.45, 7) is 2.09. The molecule has 3 rings (SSSR count). The van der Waals surface area contributed by atoms with Crippen LogP contribution in [-0.4, -0.2) is 27.4 Å². The van der Waals surface area contributed by atoms with Crippen LogP contribution in [0.2, 0.25) is 4.34 Å². The average molecular weight is 399 g/mol. The summed E-state index contributed by atoms with van der Waals surface area (Å²) < 4.78 is 1.92. The van der Waals surface area contributed by atoms with E-state index in [9.17, 15) is 4.79 Å². The van der Waals surface area contributed by atoms with Crippen molar-refractivity contribution in [1.29, 1.82) is 0 Å². The topological polar surface area (TPSA) is 90.5 Å². The van der Waals surface area contributed by atoms with Crippen molar-refractivity contribution in [3.63, 3.8) is 0 Å². The highest BCUT2D eigenvalue weighted by atomic mass is 35.5. The standard InChI is InChI=1S/C14H11ClN4O2S3/c1-2-21-19-10(9-11(15)23-13(16)18-9)12(20)24-14-17-7-5-3-4-6-8(7)22-14/h3-6H,2H2,1H3,(H2,16,18). The minimum atomic E-state index is -0.352. The average Bonchev–Trinajstić information content (AvgIpc) is 3.10. The Balaban J connectivity index is 1.90. The molecule has 0 fully saturated rings. The predicted molar refractivity (Wildman–Crippen MR) is 100 cm³/mol. The molecule has 10 heteroatoms. The van der Waals surface area contributed by atoms with E-state index in [1.807, 2.05) is 24.3 Å². The third-order valence-corrected chi connectivity index (χ3v) is 5.82. The Morgan fingerprint density at radius 3 is 2.83 bits per heavy atom. The van der Waals surface area contributed by atoms with Gasteiger partial charge in [0.25, 0.3) is 0 Å². The molecule has 0 saturated heterocycles. The van der Waals surface area contributed by atoms with E-state index < -0.39 is 0 Å². The molecule has 0 bridgehead atoms. The van der Waals surface area contributed by atoms with Gasteiger partial charge in [-0.3, -0.25) is 4.79 Å². The zero-order valence-corrected chi connectivity index (χ0v) is 15.6.